The van der Waals surface area contributed by atoms with Crippen molar-refractivity contribution in [1.82, 2.24) is 10.3 Å². The molecule has 1 N–H and O–H groups in total. The van der Waals surface area contributed by atoms with Crippen LogP contribution in [0.25, 0.3) is 0 Å². The van der Waals surface area contributed by atoms with E-state index in [2.05, 4.69) is 30.2 Å². The van der Waals surface area contributed by atoms with Crippen LogP contribution in [0.5, 0.6) is 5.75 Å². The molecule has 0 aliphatic carbocycles. The number of aromatic nitrogens is 1. The number of carbonyl (C=O) groups excluding carboxylic acids is 1. The third-order valence-corrected chi connectivity index (χ3v) is 5.13. The van der Waals surface area contributed by atoms with Gasteiger partial charge in [0.05, 0.1) is 12.1 Å². The fourth-order valence-corrected chi connectivity index (χ4v) is 3.25. The molecule has 23 heavy (non-hydrogen) atoms. The number of ether oxygens (including phenoxy) is 1. The van der Waals surface area contributed by atoms with Crippen molar-refractivity contribution in [2.45, 2.75) is 39.0 Å². The summed E-state index contributed by atoms with van der Waals surface area (Å²) in [4.78, 5) is 16.3. The Labute approximate surface area is 141 Å². The number of nitrogens with zero attached hydrogens (tertiary/aromatic N) is 1. The van der Waals surface area contributed by atoms with Crippen molar-refractivity contribution in [3.63, 3.8) is 0 Å². The Morgan fingerprint density at radius 3 is 2.74 bits per heavy atom. The second-order valence-corrected chi connectivity index (χ2v) is 6.93. The minimum Gasteiger partial charge on any atom is -0.496 e. The molecule has 0 aliphatic heterocycles. The van der Waals surface area contributed by atoms with Crippen LogP contribution in [0.4, 0.5) is 0 Å². The van der Waals surface area contributed by atoms with Crippen LogP contribution in [0.15, 0.2) is 29.6 Å². The molecule has 1 atom stereocenters. The fourth-order valence-electron chi connectivity index (χ4n) is 2.66. The zero-order valence-electron chi connectivity index (χ0n) is 14.2. The lowest BCUT2D eigenvalue weighted by molar-refractivity contribution is 0.0946. The maximum absolute atomic E-state index is 12.1. The van der Waals surface area contributed by atoms with Crippen molar-refractivity contribution in [3.05, 3.63) is 45.9 Å². The lowest BCUT2D eigenvalue weighted by Crippen LogP contribution is -2.31. The number of para-hydroxylation sites is 1. The molecule has 0 saturated heterocycles. The summed E-state index contributed by atoms with van der Waals surface area (Å²) in [6.45, 7) is 6.89. The van der Waals surface area contributed by atoms with E-state index in [9.17, 15) is 4.79 Å². The highest BCUT2D eigenvalue weighted by Crippen LogP contribution is 2.36. The van der Waals surface area contributed by atoms with Crippen molar-refractivity contribution < 1.29 is 9.53 Å². The molecule has 1 heterocycles. The van der Waals surface area contributed by atoms with Crippen molar-refractivity contribution in [3.8, 4) is 5.75 Å². The summed E-state index contributed by atoms with van der Waals surface area (Å²) in [6, 6.07) is 8.10. The van der Waals surface area contributed by atoms with Gasteiger partial charge in [-0.2, -0.15) is 0 Å². The SMILES string of the molecule is CCC(C)(CCNC(=O)c1csc(C)n1)c1ccccc1OC. The first-order valence-electron chi connectivity index (χ1n) is 7.84. The van der Waals surface area contributed by atoms with Crippen molar-refractivity contribution in [1.29, 1.82) is 0 Å². The zero-order valence-corrected chi connectivity index (χ0v) is 15.0. The first-order valence-corrected chi connectivity index (χ1v) is 8.72. The topological polar surface area (TPSA) is 51.2 Å². The van der Waals surface area contributed by atoms with Gasteiger partial charge < -0.3 is 10.1 Å². The van der Waals surface area contributed by atoms with Gasteiger partial charge in [-0.1, -0.05) is 32.0 Å². The van der Waals surface area contributed by atoms with Crippen LogP contribution in [-0.4, -0.2) is 24.5 Å². The van der Waals surface area contributed by atoms with Gasteiger partial charge in [0.1, 0.15) is 11.4 Å². The van der Waals surface area contributed by atoms with Crippen molar-refractivity contribution in [2.24, 2.45) is 0 Å². The Hall–Kier alpha value is -1.88. The molecule has 1 aromatic carbocycles. The number of methoxy groups -OCH3 is 1. The number of amides is 1. The van der Waals surface area contributed by atoms with E-state index >= 15 is 0 Å². The monoisotopic (exact) mass is 332 g/mol. The highest BCUT2D eigenvalue weighted by molar-refractivity contribution is 7.09. The molecule has 0 bridgehead atoms. The number of thiazole rings is 1. The molecule has 0 radical (unpaired) electrons. The number of rotatable bonds is 7. The van der Waals surface area contributed by atoms with E-state index in [1.165, 1.54) is 16.9 Å². The van der Waals surface area contributed by atoms with Gasteiger partial charge in [0.15, 0.2) is 0 Å². The van der Waals surface area contributed by atoms with E-state index in [0.717, 1.165) is 23.6 Å². The van der Waals surface area contributed by atoms with E-state index in [1.54, 1.807) is 12.5 Å². The van der Waals surface area contributed by atoms with Crippen molar-refractivity contribution in [2.75, 3.05) is 13.7 Å². The standard InChI is InChI=1S/C18H24N2O2S/c1-5-18(3,14-8-6-7-9-16(14)22-4)10-11-19-17(21)15-12-23-13(2)20-15/h6-9,12H,5,10-11H2,1-4H3,(H,19,21). The first-order chi connectivity index (χ1) is 11.0. The minimum atomic E-state index is -0.104. The fraction of sp³-hybridized carbons (Fsp3) is 0.444. The van der Waals surface area contributed by atoms with Crippen LogP contribution in [0.1, 0.15) is 47.7 Å². The molecular formula is C18H24N2O2S. The molecule has 4 nitrogen and oxygen atoms in total. The average molecular weight is 332 g/mol. The summed E-state index contributed by atoms with van der Waals surface area (Å²) in [7, 11) is 1.70. The maximum Gasteiger partial charge on any atom is 0.270 e. The Kier molecular flexibility index (Phi) is 5.77. The van der Waals surface area contributed by atoms with E-state index in [-0.39, 0.29) is 11.3 Å². The summed E-state index contributed by atoms with van der Waals surface area (Å²) in [6.07, 6.45) is 1.82. The predicted octanol–water partition coefficient (Wildman–Crippen LogP) is 3.95. The maximum atomic E-state index is 12.1. The van der Waals surface area contributed by atoms with E-state index in [4.69, 9.17) is 4.74 Å². The van der Waals surface area contributed by atoms with Gasteiger partial charge in [0, 0.05) is 17.5 Å². The smallest absolute Gasteiger partial charge is 0.270 e. The predicted molar refractivity (Wildman–Crippen MR) is 94.4 cm³/mol. The van der Waals surface area contributed by atoms with Crippen molar-refractivity contribution >= 4 is 17.2 Å². The summed E-state index contributed by atoms with van der Waals surface area (Å²) < 4.78 is 5.50. The van der Waals surface area contributed by atoms with Gasteiger partial charge in [-0.15, -0.1) is 11.3 Å². The molecule has 124 valence electrons. The number of hydrogen-bond donors (Lipinski definition) is 1. The third-order valence-electron chi connectivity index (χ3n) is 4.35. The van der Waals surface area contributed by atoms with E-state index < -0.39 is 0 Å². The van der Waals surface area contributed by atoms with E-state index in [0.29, 0.717) is 12.2 Å². The molecule has 0 saturated carbocycles. The minimum absolute atomic E-state index is 0.0438. The Morgan fingerprint density at radius 2 is 2.13 bits per heavy atom. The van der Waals surface area contributed by atoms with Crippen LogP contribution in [0.3, 0.4) is 0 Å². The van der Waals surface area contributed by atoms with Gasteiger partial charge in [0.2, 0.25) is 0 Å². The van der Waals surface area contributed by atoms with E-state index in [1.807, 2.05) is 25.1 Å². The molecular weight excluding hydrogens is 308 g/mol. The van der Waals surface area contributed by atoms with Gasteiger partial charge in [-0.25, -0.2) is 4.98 Å². The van der Waals surface area contributed by atoms with Crippen LogP contribution in [0, 0.1) is 6.92 Å². The van der Waals surface area contributed by atoms with Gasteiger partial charge in [0.25, 0.3) is 5.91 Å². The van der Waals surface area contributed by atoms with Crippen LogP contribution >= 0.6 is 11.3 Å². The number of hydrogen-bond acceptors (Lipinski definition) is 4. The quantitative estimate of drug-likeness (QED) is 0.835. The number of benzene rings is 1. The molecule has 1 aromatic heterocycles. The van der Waals surface area contributed by atoms with Crippen LogP contribution < -0.4 is 10.1 Å². The average Bonchev–Trinajstić information content (AvgIpc) is 3.01. The number of aryl methyl sites for hydroxylation is 1. The molecule has 1 amide bonds. The second-order valence-electron chi connectivity index (χ2n) is 5.87. The van der Waals surface area contributed by atoms with Crippen LogP contribution in [0.2, 0.25) is 0 Å². The van der Waals surface area contributed by atoms with Gasteiger partial charge in [-0.05, 0) is 31.2 Å². The second kappa shape index (κ2) is 7.59. The molecule has 2 aromatic rings. The summed E-state index contributed by atoms with van der Waals surface area (Å²) in [5, 5.41) is 5.67. The summed E-state index contributed by atoms with van der Waals surface area (Å²) >= 11 is 1.49. The van der Waals surface area contributed by atoms with Crippen LogP contribution in [-0.2, 0) is 5.41 Å². The Bertz CT molecular complexity index is 669. The zero-order chi connectivity index (χ0) is 16.9. The third kappa shape index (κ3) is 4.10. The normalized spacial score (nSPS) is 13.4. The summed E-state index contributed by atoms with van der Waals surface area (Å²) in [5.41, 5.74) is 1.64. The number of carbonyl (C=O) groups is 1. The highest BCUT2D eigenvalue weighted by Gasteiger charge is 2.27. The van der Waals surface area contributed by atoms with Gasteiger partial charge in [-0.3, -0.25) is 4.79 Å². The lowest BCUT2D eigenvalue weighted by atomic mass is 9.77. The first kappa shape index (κ1) is 17.5. The molecule has 5 heteroatoms. The van der Waals surface area contributed by atoms with Gasteiger partial charge >= 0.3 is 0 Å². The number of nitrogens with one attached hydrogen (secondary N) is 1. The Morgan fingerprint density at radius 1 is 1.39 bits per heavy atom. The molecule has 0 fully saturated rings. The summed E-state index contributed by atoms with van der Waals surface area (Å²) in [5.74, 6) is 0.797. The molecule has 0 aliphatic rings. The molecule has 1 unspecified atom stereocenters. The lowest BCUT2D eigenvalue weighted by Gasteiger charge is -2.30. The Balaban J connectivity index is 2.03. The molecule has 0 spiro atoms. The highest BCUT2D eigenvalue weighted by atomic mass is 32.1. The molecule has 2 rings (SSSR count). The largest absolute Gasteiger partial charge is 0.496 e.